The van der Waals surface area contributed by atoms with Crippen LogP contribution in [0, 0.1) is 11.8 Å². The van der Waals surface area contributed by atoms with Crippen molar-refractivity contribution in [3.8, 4) is 0 Å². The molecule has 1 heterocycles. The SMILES string of the molecule is CC1CCCCCC1NCC(=O)N1CCC(C(=O)O)CC1. The Balaban J connectivity index is 1.73. The van der Waals surface area contributed by atoms with Crippen molar-refractivity contribution in [2.24, 2.45) is 11.8 Å². The van der Waals surface area contributed by atoms with E-state index in [4.69, 9.17) is 5.11 Å². The Hall–Kier alpha value is -1.10. The zero-order valence-corrected chi connectivity index (χ0v) is 13.0. The molecule has 1 amide bonds. The predicted molar refractivity (Wildman–Crippen MR) is 81.0 cm³/mol. The van der Waals surface area contributed by atoms with Gasteiger partial charge < -0.3 is 15.3 Å². The Morgan fingerprint density at radius 3 is 2.43 bits per heavy atom. The Kier molecular flexibility index (Phi) is 6.03. The summed E-state index contributed by atoms with van der Waals surface area (Å²) in [5.41, 5.74) is 0. The van der Waals surface area contributed by atoms with E-state index in [9.17, 15) is 9.59 Å². The summed E-state index contributed by atoms with van der Waals surface area (Å²) in [6.07, 6.45) is 7.43. The molecule has 2 fully saturated rings. The van der Waals surface area contributed by atoms with E-state index in [-0.39, 0.29) is 11.8 Å². The van der Waals surface area contributed by atoms with E-state index in [0.717, 1.165) is 6.42 Å². The molecule has 2 unspecified atom stereocenters. The largest absolute Gasteiger partial charge is 0.481 e. The topological polar surface area (TPSA) is 69.6 Å². The highest BCUT2D eigenvalue weighted by Gasteiger charge is 2.27. The fourth-order valence-corrected chi connectivity index (χ4v) is 3.50. The zero-order valence-electron chi connectivity index (χ0n) is 13.0. The molecule has 5 nitrogen and oxygen atoms in total. The van der Waals surface area contributed by atoms with Crippen LogP contribution >= 0.6 is 0 Å². The van der Waals surface area contributed by atoms with Gasteiger partial charge in [-0.1, -0.05) is 26.2 Å². The van der Waals surface area contributed by atoms with Gasteiger partial charge in [0.1, 0.15) is 0 Å². The summed E-state index contributed by atoms with van der Waals surface area (Å²) in [5.74, 6) is -0.246. The van der Waals surface area contributed by atoms with Gasteiger partial charge in [0.2, 0.25) is 5.91 Å². The maximum atomic E-state index is 12.2. The molecule has 120 valence electrons. The molecular formula is C16H28N2O3. The third-order valence-corrected chi connectivity index (χ3v) is 5.07. The quantitative estimate of drug-likeness (QED) is 0.777. The molecule has 21 heavy (non-hydrogen) atoms. The number of carbonyl (C=O) groups excluding carboxylic acids is 1. The Labute approximate surface area is 127 Å². The monoisotopic (exact) mass is 296 g/mol. The third kappa shape index (κ3) is 4.70. The molecule has 0 aromatic heterocycles. The van der Waals surface area contributed by atoms with Crippen molar-refractivity contribution >= 4 is 11.9 Å². The van der Waals surface area contributed by atoms with Crippen LogP contribution in [0.3, 0.4) is 0 Å². The van der Waals surface area contributed by atoms with Crippen LogP contribution in [0.5, 0.6) is 0 Å². The van der Waals surface area contributed by atoms with Gasteiger partial charge in [0.25, 0.3) is 0 Å². The second-order valence-electron chi connectivity index (χ2n) is 6.60. The van der Waals surface area contributed by atoms with Crippen molar-refractivity contribution in [1.29, 1.82) is 0 Å². The maximum Gasteiger partial charge on any atom is 0.306 e. The highest BCUT2D eigenvalue weighted by atomic mass is 16.4. The van der Waals surface area contributed by atoms with E-state index in [2.05, 4.69) is 12.2 Å². The van der Waals surface area contributed by atoms with Crippen molar-refractivity contribution in [2.75, 3.05) is 19.6 Å². The molecule has 0 spiro atoms. The fourth-order valence-electron chi connectivity index (χ4n) is 3.50. The second kappa shape index (κ2) is 7.78. The summed E-state index contributed by atoms with van der Waals surface area (Å²) in [7, 11) is 0. The number of aliphatic carboxylic acids is 1. The van der Waals surface area contributed by atoms with Gasteiger partial charge in [-0.15, -0.1) is 0 Å². The van der Waals surface area contributed by atoms with Crippen LogP contribution in [0.25, 0.3) is 0 Å². The van der Waals surface area contributed by atoms with Crippen LogP contribution in [0.1, 0.15) is 51.9 Å². The molecule has 1 aliphatic carbocycles. The number of hydrogen-bond donors (Lipinski definition) is 2. The van der Waals surface area contributed by atoms with Crippen molar-refractivity contribution in [3.05, 3.63) is 0 Å². The standard InChI is InChI=1S/C16H28N2O3/c1-12-5-3-2-4-6-14(12)17-11-15(19)18-9-7-13(8-10-18)16(20)21/h12-14,17H,2-11H2,1H3,(H,20,21). The average Bonchev–Trinajstić information content (AvgIpc) is 2.69. The number of carboxylic acids is 1. The number of rotatable bonds is 4. The summed E-state index contributed by atoms with van der Waals surface area (Å²) in [6.45, 7) is 3.83. The summed E-state index contributed by atoms with van der Waals surface area (Å²) >= 11 is 0. The van der Waals surface area contributed by atoms with E-state index in [1.54, 1.807) is 0 Å². The van der Waals surface area contributed by atoms with Crippen LogP contribution in [0.4, 0.5) is 0 Å². The van der Waals surface area contributed by atoms with Gasteiger partial charge in [-0.25, -0.2) is 0 Å². The van der Waals surface area contributed by atoms with Crippen LogP contribution < -0.4 is 5.32 Å². The van der Waals surface area contributed by atoms with Crippen molar-refractivity contribution in [2.45, 2.75) is 57.9 Å². The number of carbonyl (C=O) groups is 2. The molecule has 1 saturated heterocycles. The van der Waals surface area contributed by atoms with Gasteiger partial charge in [-0.3, -0.25) is 9.59 Å². The summed E-state index contributed by atoms with van der Waals surface area (Å²) in [5, 5.41) is 12.4. The summed E-state index contributed by atoms with van der Waals surface area (Å²) in [4.78, 5) is 25.0. The zero-order chi connectivity index (χ0) is 15.2. The molecule has 5 heteroatoms. The van der Waals surface area contributed by atoms with Crippen LogP contribution in [0.2, 0.25) is 0 Å². The van der Waals surface area contributed by atoms with E-state index >= 15 is 0 Å². The van der Waals surface area contributed by atoms with Gasteiger partial charge in [-0.2, -0.15) is 0 Å². The van der Waals surface area contributed by atoms with E-state index < -0.39 is 5.97 Å². The fraction of sp³-hybridized carbons (Fsp3) is 0.875. The molecule has 2 rings (SSSR count). The molecule has 2 atom stereocenters. The van der Waals surface area contributed by atoms with Gasteiger partial charge in [0.15, 0.2) is 0 Å². The first-order valence-electron chi connectivity index (χ1n) is 8.32. The van der Waals surface area contributed by atoms with E-state index in [1.807, 2.05) is 4.90 Å². The smallest absolute Gasteiger partial charge is 0.306 e. The van der Waals surface area contributed by atoms with Crippen molar-refractivity contribution in [1.82, 2.24) is 10.2 Å². The number of carboxylic acid groups (broad SMARTS) is 1. The molecule has 1 aliphatic heterocycles. The normalized spacial score (nSPS) is 28.1. The first-order valence-corrected chi connectivity index (χ1v) is 8.32. The predicted octanol–water partition coefficient (Wildman–Crippen LogP) is 1.87. The van der Waals surface area contributed by atoms with Crippen LogP contribution in [-0.2, 0) is 9.59 Å². The van der Waals surface area contributed by atoms with Crippen LogP contribution in [0.15, 0.2) is 0 Å². The molecule has 2 N–H and O–H groups in total. The molecule has 1 saturated carbocycles. The Bertz CT molecular complexity index is 365. The lowest BCUT2D eigenvalue weighted by atomic mass is 9.96. The van der Waals surface area contributed by atoms with Gasteiger partial charge in [-0.05, 0) is 31.6 Å². The van der Waals surface area contributed by atoms with Gasteiger partial charge in [0.05, 0.1) is 12.5 Å². The van der Waals surface area contributed by atoms with Crippen molar-refractivity contribution < 1.29 is 14.7 Å². The van der Waals surface area contributed by atoms with Gasteiger partial charge >= 0.3 is 5.97 Å². The minimum atomic E-state index is -0.729. The third-order valence-electron chi connectivity index (χ3n) is 5.07. The molecule has 0 aromatic rings. The van der Waals surface area contributed by atoms with Gasteiger partial charge in [0, 0.05) is 19.1 Å². The molecule has 0 bridgehead atoms. The number of piperidine rings is 1. The minimum Gasteiger partial charge on any atom is -0.481 e. The molecular weight excluding hydrogens is 268 g/mol. The maximum absolute atomic E-state index is 12.2. The number of amides is 1. The first-order chi connectivity index (χ1) is 10.1. The van der Waals surface area contributed by atoms with Crippen molar-refractivity contribution in [3.63, 3.8) is 0 Å². The molecule has 2 aliphatic rings. The highest BCUT2D eigenvalue weighted by molar-refractivity contribution is 5.79. The second-order valence-corrected chi connectivity index (χ2v) is 6.60. The van der Waals surface area contributed by atoms with E-state index in [1.165, 1.54) is 25.7 Å². The number of hydrogen-bond acceptors (Lipinski definition) is 3. The number of nitrogens with zero attached hydrogens (tertiary/aromatic N) is 1. The Morgan fingerprint density at radius 1 is 1.10 bits per heavy atom. The highest BCUT2D eigenvalue weighted by Crippen LogP contribution is 2.23. The summed E-state index contributed by atoms with van der Waals surface area (Å²) in [6, 6.07) is 0.452. The lowest BCUT2D eigenvalue weighted by Crippen LogP contribution is -2.46. The first kappa shape index (κ1) is 16.3. The minimum absolute atomic E-state index is 0.121. The van der Waals surface area contributed by atoms with Crippen LogP contribution in [-0.4, -0.2) is 47.6 Å². The number of nitrogens with one attached hydrogen (secondary N) is 1. The lowest BCUT2D eigenvalue weighted by Gasteiger charge is -2.31. The Morgan fingerprint density at radius 2 is 1.76 bits per heavy atom. The molecule has 0 radical (unpaired) electrons. The summed E-state index contributed by atoms with van der Waals surface area (Å²) < 4.78 is 0. The average molecular weight is 296 g/mol. The molecule has 0 aromatic carbocycles. The number of likely N-dealkylation sites (tertiary alicyclic amines) is 1. The van der Waals surface area contributed by atoms with E-state index in [0.29, 0.717) is 44.4 Å². The lowest BCUT2D eigenvalue weighted by molar-refractivity contribution is -0.145.